The molecular formula is C20H22O6. The second kappa shape index (κ2) is 11.1. The van der Waals surface area contributed by atoms with E-state index in [-0.39, 0.29) is 23.0 Å². The summed E-state index contributed by atoms with van der Waals surface area (Å²) in [6, 6.07) is 19.6. The Bertz CT molecular complexity index is 768. The van der Waals surface area contributed by atoms with Gasteiger partial charge in [-0.05, 0) is 36.4 Å². The molecule has 0 saturated heterocycles. The molecular weight excluding hydrogens is 336 g/mol. The molecule has 0 aliphatic carbocycles. The van der Waals surface area contributed by atoms with Crippen LogP contribution in [0, 0.1) is 0 Å². The zero-order valence-electron chi connectivity index (χ0n) is 14.5. The molecule has 0 aliphatic heterocycles. The van der Waals surface area contributed by atoms with Crippen LogP contribution in [0.25, 0.3) is 0 Å². The van der Waals surface area contributed by atoms with Crippen LogP contribution < -0.4 is 9.47 Å². The van der Waals surface area contributed by atoms with E-state index >= 15 is 0 Å². The van der Waals surface area contributed by atoms with Crippen molar-refractivity contribution in [1.82, 2.24) is 0 Å². The zero-order chi connectivity index (χ0) is 19.4. The summed E-state index contributed by atoms with van der Waals surface area (Å²) in [5.41, 5.74) is 0. The fourth-order valence-corrected chi connectivity index (χ4v) is 1.70. The summed E-state index contributed by atoms with van der Waals surface area (Å²) < 4.78 is 9.63. The number of aromatic hydroxyl groups is 4. The molecule has 3 rings (SSSR count). The maximum Gasteiger partial charge on any atom is 0.160 e. The molecule has 3 aromatic carbocycles. The first kappa shape index (κ1) is 20.5. The number of phenolic OH excluding ortho intramolecular Hbond substituents is 4. The van der Waals surface area contributed by atoms with Gasteiger partial charge in [-0.25, -0.2) is 0 Å². The van der Waals surface area contributed by atoms with E-state index in [1.165, 1.54) is 19.2 Å². The summed E-state index contributed by atoms with van der Waals surface area (Å²) in [5.74, 6) is 1.45. The number of para-hydroxylation sites is 4. The van der Waals surface area contributed by atoms with Crippen LogP contribution in [-0.2, 0) is 0 Å². The second-order valence-corrected chi connectivity index (χ2v) is 4.86. The highest BCUT2D eigenvalue weighted by Crippen LogP contribution is 2.23. The largest absolute Gasteiger partial charge is 0.508 e. The van der Waals surface area contributed by atoms with Gasteiger partial charge in [0.25, 0.3) is 0 Å². The average molecular weight is 358 g/mol. The quantitative estimate of drug-likeness (QED) is 0.519. The van der Waals surface area contributed by atoms with Gasteiger partial charge in [0.1, 0.15) is 11.5 Å². The van der Waals surface area contributed by atoms with E-state index in [2.05, 4.69) is 0 Å². The van der Waals surface area contributed by atoms with Crippen LogP contribution in [0.15, 0.2) is 72.8 Å². The Kier molecular flexibility index (Phi) is 8.75. The van der Waals surface area contributed by atoms with Gasteiger partial charge in [0.05, 0.1) is 14.2 Å². The van der Waals surface area contributed by atoms with Gasteiger partial charge >= 0.3 is 0 Å². The van der Waals surface area contributed by atoms with Crippen LogP contribution >= 0.6 is 0 Å². The lowest BCUT2D eigenvalue weighted by atomic mass is 10.3. The molecule has 0 aromatic heterocycles. The van der Waals surface area contributed by atoms with Crippen molar-refractivity contribution in [2.45, 2.75) is 0 Å². The summed E-state index contributed by atoms with van der Waals surface area (Å²) >= 11 is 0. The molecule has 0 bridgehead atoms. The minimum atomic E-state index is -0.0764. The molecule has 0 aliphatic rings. The van der Waals surface area contributed by atoms with Crippen molar-refractivity contribution in [3.63, 3.8) is 0 Å². The van der Waals surface area contributed by atoms with Crippen LogP contribution in [-0.4, -0.2) is 34.6 Å². The SMILES string of the molecule is COc1cccc(O)c1.COc1ccccc1O.Oc1ccccc1O. The van der Waals surface area contributed by atoms with Gasteiger partial charge in [-0.1, -0.05) is 30.3 Å². The lowest BCUT2D eigenvalue weighted by Crippen LogP contribution is -1.80. The van der Waals surface area contributed by atoms with Crippen LogP contribution in [0.3, 0.4) is 0 Å². The van der Waals surface area contributed by atoms with Crippen molar-refractivity contribution < 1.29 is 29.9 Å². The topological polar surface area (TPSA) is 99.4 Å². The van der Waals surface area contributed by atoms with Gasteiger partial charge in [-0.2, -0.15) is 0 Å². The zero-order valence-corrected chi connectivity index (χ0v) is 14.5. The van der Waals surface area contributed by atoms with Crippen LogP contribution in [0.1, 0.15) is 0 Å². The average Bonchev–Trinajstić information content (AvgIpc) is 2.65. The monoisotopic (exact) mass is 358 g/mol. The molecule has 0 unspecified atom stereocenters. The van der Waals surface area contributed by atoms with E-state index in [9.17, 15) is 0 Å². The number of hydrogen-bond acceptors (Lipinski definition) is 6. The summed E-state index contributed by atoms with van der Waals surface area (Å²) in [5, 5.41) is 35.2. The van der Waals surface area contributed by atoms with Crippen LogP contribution in [0.2, 0.25) is 0 Å². The van der Waals surface area contributed by atoms with E-state index < -0.39 is 0 Å². The van der Waals surface area contributed by atoms with Gasteiger partial charge < -0.3 is 29.9 Å². The number of methoxy groups -OCH3 is 2. The highest BCUT2D eigenvalue weighted by atomic mass is 16.5. The van der Waals surface area contributed by atoms with E-state index in [4.69, 9.17) is 29.9 Å². The van der Waals surface area contributed by atoms with Gasteiger partial charge in [-0.15, -0.1) is 0 Å². The standard InChI is InChI=1S/2C7H8O2.C6H6O2/c1-9-7-4-2-3-6(8)5-7;1-9-7-5-3-2-4-6(7)8;7-5-3-1-2-4-6(5)8/h2*2-5,8H,1H3;1-4,7-8H. The van der Waals surface area contributed by atoms with Crippen molar-refractivity contribution in [1.29, 1.82) is 0 Å². The highest BCUT2D eigenvalue weighted by Gasteiger charge is 1.94. The molecule has 0 amide bonds. The molecule has 6 heteroatoms. The molecule has 6 nitrogen and oxygen atoms in total. The first-order valence-corrected chi connectivity index (χ1v) is 7.60. The molecule has 0 fully saturated rings. The van der Waals surface area contributed by atoms with Gasteiger partial charge in [0.15, 0.2) is 23.0 Å². The Balaban J connectivity index is 0.000000195. The fraction of sp³-hybridized carbons (Fsp3) is 0.100. The molecule has 0 atom stereocenters. The fourth-order valence-electron chi connectivity index (χ4n) is 1.70. The molecule has 138 valence electrons. The van der Waals surface area contributed by atoms with Gasteiger partial charge in [-0.3, -0.25) is 0 Å². The lowest BCUT2D eigenvalue weighted by molar-refractivity contribution is 0.373. The maximum atomic E-state index is 8.99. The van der Waals surface area contributed by atoms with E-state index in [1.54, 1.807) is 67.8 Å². The molecule has 0 spiro atoms. The number of benzene rings is 3. The molecule has 3 aromatic rings. The second-order valence-electron chi connectivity index (χ2n) is 4.86. The third kappa shape index (κ3) is 7.35. The van der Waals surface area contributed by atoms with Crippen LogP contribution in [0.4, 0.5) is 0 Å². The third-order valence-electron chi connectivity index (χ3n) is 3.02. The summed E-state index contributed by atoms with van der Waals surface area (Å²) in [4.78, 5) is 0. The Morgan fingerprint density at radius 2 is 1.12 bits per heavy atom. The van der Waals surface area contributed by atoms with Crippen LogP contribution in [0.5, 0.6) is 34.5 Å². The van der Waals surface area contributed by atoms with E-state index in [1.807, 2.05) is 0 Å². The first-order valence-electron chi connectivity index (χ1n) is 7.60. The van der Waals surface area contributed by atoms with Crippen molar-refractivity contribution >= 4 is 0 Å². The van der Waals surface area contributed by atoms with Gasteiger partial charge in [0, 0.05) is 6.07 Å². The summed E-state index contributed by atoms with van der Waals surface area (Å²) in [7, 11) is 3.09. The predicted octanol–water partition coefficient (Wildman–Crippen LogP) is 3.90. The highest BCUT2D eigenvalue weighted by molar-refractivity contribution is 5.37. The predicted molar refractivity (Wildman–Crippen MR) is 99.1 cm³/mol. The lowest BCUT2D eigenvalue weighted by Gasteiger charge is -1.99. The summed E-state index contributed by atoms with van der Waals surface area (Å²) in [6.07, 6.45) is 0. The minimum Gasteiger partial charge on any atom is -0.508 e. The van der Waals surface area contributed by atoms with Crippen molar-refractivity contribution in [2.75, 3.05) is 14.2 Å². The number of hydrogen-bond donors (Lipinski definition) is 4. The normalized spacial score (nSPS) is 9.00. The maximum absolute atomic E-state index is 8.99. The first-order chi connectivity index (χ1) is 12.5. The molecule has 0 saturated carbocycles. The number of rotatable bonds is 2. The Hall–Kier alpha value is -3.54. The Morgan fingerprint density at radius 3 is 1.46 bits per heavy atom. The Labute approximate surface area is 152 Å². The van der Waals surface area contributed by atoms with Crippen molar-refractivity contribution in [2.24, 2.45) is 0 Å². The van der Waals surface area contributed by atoms with E-state index in [0.717, 1.165) is 0 Å². The smallest absolute Gasteiger partial charge is 0.160 e. The third-order valence-corrected chi connectivity index (χ3v) is 3.02. The van der Waals surface area contributed by atoms with Crippen molar-refractivity contribution in [3.8, 4) is 34.5 Å². The molecule has 26 heavy (non-hydrogen) atoms. The minimum absolute atomic E-state index is 0.0764. The van der Waals surface area contributed by atoms with Crippen molar-refractivity contribution in [3.05, 3.63) is 72.8 Å². The van der Waals surface area contributed by atoms with Gasteiger partial charge in [0.2, 0.25) is 0 Å². The molecule has 0 heterocycles. The summed E-state index contributed by atoms with van der Waals surface area (Å²) in [6.45, 7) is 0. The molecule has 0 radical (unpaired) electrons. The number of ether oxygens (including phenoxy) is 2. The van der Waals surface area contributed by atoms with E-state index in [0.29, 0.717) is 11.5 Å². The number of phenols is 4. The Morgan fingerprint density at radius 1 is 0.577 bits per heavy atom. The molecule has 4 N–H and O–H groups in total.